The minimum absolute atomic E-state index is 0.0544. The highest BCUT2D eigenvalue weighted by Crippen LogP contribution is 2.59. The Morgan fingerprint density at radius 1 is 0.471 bits per heavy atom. The van der Waals surface area contributed by atoms with Crippen molar-refractivity contribution in [2.24, 2.45) is 85.8 Å². The Morgan fingerprint density at radius 3 is 1.29 bits per heavy atom. The molecule has 590 valence electrons. The van der Waals surface area contributed by atoms with E-state index >= 15 is 0 Å². The van der Waals surface area contributed by atoms with E-state index in [1.54, 1.807) is 0 Å². The van der Waals surface area contributed by atoms with Crippen molar-refractivity contribution >= 4 is 18.9 Å². The van der Waals surface area contributed by atoms with Crippen LogP contribution in [0.2, 0.25) is 0 Å². The molecule has 5 saturated carbocycles. The molecule has 0 radical (unpaired) electrons. The van der Waals surface area contributed by atoms with E-state index in [1.807, 2.05) is 41.5 Å². The number of allylic oxidation sites excluding steroid dienone is 20. The summed E-state index contributed by atoms with van der Waals surface area (Å²) in [5, 5.41) is 84.4. The lowest BCUT2D eigenvalue weighted by Crippen LogP contribution is -2.56. The molecule has 0 aromatic carbocycles. The van der Waals surface area contributed by atoms with Crippen LogP contribution in [0.3, 0.4) is 0 Å². The maximum atomic E-state index is 11.6. The maximum absolute atomic E-state index is 11.6. The molecule has 0 aromatic heterocycles. The van der Waals surface area contributed by atoms with Crippen molar-refractivity contribution in [3.63, 3.8) is 0 Å². The van der Waals surface area contributed by atoms with Gasteiger partial charge >= 0.3 is 0 Å². The van der Waals surface area contributed by atoms with Gasteiger partial charge in [0.05, 0.1) is 30.0 Å². The van der Waals surface area contributed by atoms with Gasteiger partial charge in [-0.15, -0.1) is 0 Å². The number of hydrogen-bond acceptors (Lipinski definition) is 11. The highest BCUT2D eigenvalue weighted by atomic mass is 16.3. The lowest BCUT2D eigenvalue weighted by atomic mass is 9.53. The summed E-state index contributed by atoms with van der Waals surface area (Å²) in [4.78, 5) is 34.9. The molecule has 0 bridgehead atoms. The van der Waals surface area contributed by atoms with Crippen LogP contribution in [0.4, 0.5) is 0 Å². The van der Waals surface area contributed by atoms with Crippen LogP contribution in [0.15, 0.2) is 129 Å². The zero-order chi connectivity index (χ0) is 78.6. The van der Waals surface area contributed by atoms with Gasteiger partial charge in [0, 0.05) is 47.9 Å². The monoisotopic (exact) mass is 1450 g/mol. The van der Waals surface area contributed by atoms with Gasteiger partial charge in [0.2, 0.25) is 0 Å². The van der Waals surface area contributed by atoms with Gasteiger partial charge < -0.3 is 40.9 Å². The molecule has 104 heavy (non-hydrogen) atoms. The fourth-order valence-electron chi connectivity index (χ4n) is 20.1. The number of aliphatic hydroxyl groups excluding tert-OH is 5. The molecule has 0 saturated heterocycles. The number of carbonyl (C=O) groups excluding carboxylic acids is 3. The van der Waals surface area contributed by atoms with Crippen molar-refractivity contribution in [1.29, 1.82) is 0 Å². The first kappa shape index (κ1) is 92.2. The first-order valence-electron chi connectivity index (χ1n) is 40.6. The zero-order valence-electron chi connectivity index (χ0n) is 69.5. The van der Waals surface area contributed by atoms with E-state index in [4.69, 9.17) is 0 Å². The van der Waals surface area contributed by atoms with Gasteiger partial charge in [0.15, 0.2) is 0 Å². The van der Waals surface area contributed by atoms with E-state index < -0.39 is 27.6 Å². The van der Waals surface area contributed by atoms with Crippen molar-refractivity contribution in [3.8, 4) is 0 Å². The van der Waals surface area contributed by atoms with Crippen LogP contribution in [-0.4, -0.2) is 110 Å². The molecule has 0 heterocycles. The topological polar surface area (TPSA) is 213 Å². The van der Waals surface area contributed by atoms with E-state index in [0.717, 1.165) is 112 Å². The summed E-state index contributed by atoms with van der Waals surface area (Å²) in [6.45, 7) is 52.1. The van der Waals surface area contributed by atoms with Gasteiger partial charge in [-0.1, -0.05) is 181 Å². The fraction of sp³-hybridized carbons (Fsp3) is 0.731. The summed E-state index contributed by atoms with van der Waals surface area (Å²) >= 11 is 0. The number of aliphatic hydroxyl groups is 8. The second kappa shape index (κ2) is 40.0. The number of aldehydes is 3. The molecule has 11 heteroatoms. The Labute approximate surface area is 634 Å². The number of carbonyl (C=O) groups is 3. The molecular formula is C93H152O11. The second-order valence-corrected chi connectivity index (χ2v) is 36.7. The molecule has 11 nitrogen and oxygen atoms in total. The third-order valence-corrected chi connectivity index (χ3v) is 29.5. The number of hydrogen-bond donors (Lipinski definition) is 8. The summed E-state index contributed by atoms with van der Waals surface area (Å²) in [5.74, 6) is 3.23. The molecule has 15 atom stereocenters. The minimum atomic E-state index is -1.05. The van der Waals surface area contributed by atoms with Gasteiger partial charge in [-0.05, 0) is 304 Å². The van der Waals surface area contributed by atoms with E-state index in [-0.39, 0.29) is 67.0 Å². The maximum Gasteiger partial charge on any atom is 0.145 e. The Hall–Kier alpha value is -4.17. The van der Waals surface area contributed by atoms with Crippen molar-refractivity contribution < 1.29 is 55.2 Å². The Kier molecular flexibility index (Phi) is 35.4. The quantitative estimate of drug-likeness (QED) is 0.0147. The third-order valence-electron chi connectivity index (χ3n) is 29.5. The van der Waals surface area contributed by atoms with Crippen LogP contribution >= 0.6 is 0 Å². The fourth-order valence-corrected chi connectivity index (χ4v) is 20.1. The standard InChI is InChI=1S/2C31H50O4.C31H52O3/c2*1-22(12-15-27-23(2)13-14-25(4)29(27,5)6)10-8-17-31(21-34)28(11-9-19-32)26(24(3)20-33)16-18-30(31,7)35;1-22(13-16-27-23(2)14-15-25(4)29(27,5)6)11-9-18-30(7)28(12-10-20-32)26(24(3)21-33)17-19-31(30,8)34/h10,12-13,15,20,25,27-28,32,34-35H,8-9,11,14,16-19,21H2,1-7H3;10,12,15,20,25,27-28,32,34-35H,2,8-9,11,13-14,16-19,21H2,1,3-7H3;11,21,25,27-28,32,34H,2,9-10,12-20H2,1,3-8H3/b2*15-12+,22-10+,26-24-;22-11+,26-24-/t2*25-,27+,28+,30-,31+;25-,27+,28+,30-,31-/m000/s1. The Balaban J connectivity index is 0.000000330. The van der Waals surface area contributed by atoms with E-state index in [0.29, 0.717) is 123 Å². The van der Waals surface area contributed by atoms with E-state index in [9.17, 15) is 55.2 Å². The molecule has 0 aromatic rings. The van der Waals surface area contributed by atoms with Gasteiger partial charge in [-0.3, -0.25) is 14.4 Å². The first-order chi connectivity index (χ1) is 48.6. The molecule has 5 fully saturated rings. The SMILES string of the molecule is C=C1CC[C@H](C)C(C)(C)[C@@H]1/C=C/C(C)=C/CC[C@@]1(CO)[C@H](CCCO)/C(=C(/C)C=O)CC[C@]1(C)O.C=C1CC[C@H](C)C(C)(C)[C@@H]1CC/C(C)=C/CC[C@@]1(C)[C@H](CCCO)/C(=C(/C)C=O)CC[C@]1(C)O.CC1=CC[C@H](C)C(C)(C)[C@@H]1/C=C/C(C)=C/CC[C@@]1(CO)[C@H](CCCO)/C(=C(/C)C=O)CC[C@]1(C)O. The van der Waals surface area contributed by atoms with Crippen molar-refractivity contribution in [2.45, 2.75) is 316 Å². The smallest absolute Gasteiger partial charge is 0.145 e. The summed E-state index contributed by atoms with van der Waals surface area (Å²) in [6.07, 6.45) is 41.3. The average molecular weight is 1450 g/mol. The van der Waals surface area contributed by atoms with Crippen LogP contribution in [0, 0.1) is 85.8 Å². The normalized spacial score (nSPS) is 35.5. The zero-order valence-corrected chi connectivity index (χ0v) is 69.5. The number of rotatable bonds is 30. The highest BCUT2D eigenvalue weighted by Gasteiger charge is 2.57. The predicted octanol–water partition coefficient (Wildman–Crippen LogP) is 20.2. The first-order valence-corrected chi connectivity index (χ1v) is 40.6. The lowest BCUT2D eigenvalue weighted by molar-refractivity contribution is -0.146. The highest BCUT2D eigenvalue weighted by molar-refractivity contribution is 5.75. The summed E-state index contributed by atoms with van der Waals surface area (Å²) < 4.78 is 0. The Morgan fingerprint density at radius 2 is 0.856 bits per heavy atom. The van der Waals surface area contributed by atoms with Gasteiger partial charge in [0.1, 0.15) is 18.9 Å². The van der Waals surface area contributed by atoms with Gasteiger partial charge in [0.25, 0.3) is 0 Å². The lowest BCUT2D eigenvalue weighted by Gasteiger charge is -2.54. The average Bonchev–Trinajstić information content (AvgIpc) is 0.753. The van der Waals surface area contributed by atoms with Crippen molar-refractivity contribution in [1.82, 2.24) is 0 Å². The molecule has 0 amide bonds. The van der Waals surface area contributed by atoms with E-state index in [2.05, 4.69) is 159 Å². The Bertz CT molecular complexity index is 3140. The molecule has 6 rings (SSSR count). The molecule has 8 N–H and O–H groups in total. The van der Waals surface area contributed by atoms with Crippen molar-refractivity contribution in [3.05, 3.63) is 129 Å². The molecule has 6 aliphatic rings. The molecule has 6 aliphatic carbocycles. The minimum Gasteiger partial charge on any atom is -0.396 e. The molecule has 0 aliphatic heterocycles. The van der Waals surface area contributed by atoms with Gasteiger partial charge in [-0.2, -0.15) is 0 Å². The molecule has 0 unspecified atom stereocenters. The van der Waals surface area contributed by atoms with Crippen LogP contribution in [0.1, 0.15) is 299 Å². The predicted molar refractivity (Wildman–Crippen MR) is 433 cm³/mol. The third kappa shape index (κ3) is 21.7. The second-order valence-electron chi connectivity index (χ2n) is 36.7. The van der Waals surface area contributed by atoms with Crippen LogP contribution in [0.5, 0.6) is 0 Å². The van der Waals surface area contributed by atoms with Crippen molar-refractivity contribution in [2.75, 3.05) is 33.0 Å². The van der Waals surface area contributed by atoms with Gasteiger partial charge in [-0.25, -0.2) is 0 Å². The van der Waals surface area contributed by atoms with E-state index in [1.165, 1.54) is 51.9 Å². The molecular weight excluding hydrogens is 1290 g/mol. The summed E-state index contributed by atoms with van der Waals surface area (Å²) in [7, 11) is 0. The summed E-state index contributed by atoms with van der Waals surface area (Å²) in [6, 6.07) is 0. The van der Waals surface area contributed by atoms with Crippen LogP contribution in [-0.2, 0) is 14.4 Å². The summed E-state index contributed by atoms with van der Waals surface area (Å²) in [5.41, 5.74) is 9.40. The molecule has 0 spiro atoms. The van der Waals surface area contributed by atoms with Crippen LogP contribution in [0.25, 0.3) is 0 Å². The largest absolute Gasteiger partial charge is 0.396 e. The van der Waals surface area contributed by atoms with Crippen LogP contribution < -0.4 is 0 Å².